The van der Waals surface area contributed by atoms with E-state index in [4.69, 9.17) is 0 Å². The number of carbonyl (C=O) groups is 3. The van der Waals surface area contributed by atoms with Gasteiger partial charge in [-0.05, 0) is 72.6 Å². The van der Waals surface area contributed by atoms with E-state index in [-0.39, 0.29) is 5.69 Å². The van der Waals surface area contributed by atoms with Crippen LogP contribution in [0.2, 0.25) is 0 Å². The van der Waals surface area contributed by atoms with Crippen molar-refractivity contribution in [2.24, 2.45) is 0 Å². The molecule has 0 saturated carbocycles. The van der Waals surface area contributed by atoms with Crippen molar-refractivity contribution in [2.75, 3.05) is 16.1 Å². The highest BCUT2D eigenvalue weighted by Gasteiger charge is 2.21. The summed E-state index contributed by atoms with van der Waals surface area (Å²) in [4.78, 5) is 38.2. The minimum absolute atomic E-state index is 0.0888. The first kappa shape index (κ1) is 23.2. The lowest BCUT2D eigenvalue weighted by Gasteiger charge is -2.13. The smallest absolute Gasteiger partial charge is 0.321 e. The molecule has 4 rings (SSSR count). The molecule has 4 aromatic rings. The van der Waals surface area contributed by atoms with Crippen molar-refractivity contribution >= 4 is 55.9 Å². The number of anilines is 2. The van der Waals surface area contributed by atoms with Gasteiger partial charge in [-0.1, -0.05) is 35.0 Å². The second kappa shape index (κ2) is 9.88. The molecule has 0 aliphatic carbocycles. The summed E-state index contributed by atoms with van der Waals surface area (Å²) in [6.07, 6.45) is 0.855. The molecule has 0 aliphatic rings. The van der Waals surface area contributed by atoms with Crippen LogP contribution < -0.4 is 16.1 Å². The van der Waals surface area contributed by atoms with Crippen molar-refractivity contribution in [3.63, 3.8) is 0 Å². The summed E-state index contributed by atoms with van der Waals surface area (Å²) in [5.74, 6) is -2.81. The average molecular weight is 523 g/mol. The third-order valence-corrected chi connectivity index (χ3v) is 5.63. The molecule has 0 bridgehead atoms. The standard InChI is InChI=1S/C25H20BrFN4O3/c1-2-15-3-8-19(9-4-15)29-24(33)25(34)30-31-21-12-5-17(26)13-16(21)14-22(31)23(32)28-20-10-6-18(27)7-11-20/h3-14H,2H2,1H3,(H,28,32)(H,29,33)(H,30,34). The highest BCUT2D eigenvalue weighted by molar-refractivity contribution is 9.10. The molecule has 1 aromatic heterocycles. The molecule has 0 aliphatic heterocycles. The van der Waals surface area contributed by atoms with Crippen LogP contribution in [0.1, 0.15) is 23.0 Å². The zero-order valence-electron chi connectivity index (χ0n) is 18.1. The summed E-state index contributed by atoms with van der Waals surface area (Å²) in [6.45, 7) is 2.02. The highest BCUT2D eigenvalue weighted by atomic mass is 79.9. The Balaban J connectivity index is 1.59. The van der Waals surface area contributed by atoms with Gasteiger partial charge in [-0.3, -0.25) is 19.8 Å². The fourth-order valence-corrected chi connectivity index (χ4v) is 3.74. The number of nitrogens with zero attached hydrogens (tertiary/aromatic N) is 1. The van der Waals surface area contributed by atoms with Gasteiger partial charge in [-0.25, -0.2) is 9.07 Å². The summed E-state index contributed by atoms with van der Waals surface area (Å²) in [7, 11) is 0. The van der Waals surface area contributed by atoms with Gasteiger partial charge in [0.2, 0.25) is 0 Å². The van der Waals surface area contributed by atoms with E-state index in [0.717, 1.165) is 16.5 Å². The van der Waals surface area contributed by atoms with Gasteiger partial charge in [0.15, 0.2) is 0 Å². The zero-order chi connectivity index (χ0) is 24.2. The van der Waals surface area contributed by atoms with Gasteiger partial charge in [0, 0.05) is 21.2 Å². The SMILES string of the molecule is CCc1ccc(NC(=O)C(=O)Nn2c(C(=O)Nc3ccc(F)cc3)cc3cc(Br)ccc32)cc1. The lowest BCUT2D eigenvalue weighted by Crippen LogP contribution is -2.36. The Labute approximate surface area is 203 Å². The van der Waals surface area contributed by atoms with Crippen molar-refractivity contribution in [1.29, 1.82) is 0 Å². The van der Waals surface area contributed by atoms with Crippen molar-refractivity contribution in [2.45, 2.75) is 13.3 Å². The number of benzene rings is 3. The van der Waals surface area contributed by atoms with Gasteiger partial charge in [-0.2, -0.15) is 0 Å². The van der Waals surface area contributed by atoms with Gasteiger partial charge >= 0.3 is 11.8 Å². The average Bonchev–Trinajstić information content (AvgIpc) is 3.18. The summed E-state index contributed by atoms with van der Waals surface area (Å²) < 4.78 is 15.2. The van der Waals surface area contributed by atoms with Crippen LogP contribution in [0.4, 0.5) is 15.8 Å². The number of nitrogens with one attached hydrogen (secondary N) is 3. The molecule has 3 amide bonds. The Morgan fingerprint density at radius 1 is 0.853 bits per heavy atom. The van der Waals surface area contributed by atoms with Crippen LogP contribution in [-0.4, -0.2) is 22.4 Å². The number of halogens is 2. The first-order chi connectivity index (χ1) is 16.3. The van der Waals surface area contributed by atoms with E-state index in [2.05, 4.69) is 32.0 Å². The van der Waals surface area contributed by atoms with E-state index in [0.29, 0.717) is 22.3 Å². The third-order valence-electron chi connectivity index (χ3n) is 5.14. The van der Waals surface area contributed by atoms with Gasteiger partial charge in [0.05, 0.1) is 5.52 Å². The number of amides is 3. The zero-order valence-corrected chi connectivity index (χ0v) is 19.6. The number of hydrogen-bond donors (Lipinski definition) is 3. The second-order valence-corrected chi connectivity index (χ2v) is 8.39. The monoisotopic (exact) mass is 522 g/mol. The molecule has 0 radical (unpaired) electrons. The molecule has 0 atom stereocenters. The lowest BCUT2D eigenvalue weighted by molar-refractivity contribution is -0.133. The predicted octanol–water partition coefficient (Wildman–Crippen LogP) is 5.07. The van der Waals surface area contributed by atoms with E-state index < -0.39 is 23.5 Å². The Morgan fingerprint density at radius 2 is 1.50 bits per heavy atom. The summed E-state index contributed by atoms with van der Waals surface area (Å²) in [5.41, 5.74) is 5.06. The van der Waals surface area contributed by atoms with Crippen molar-refractivity contribution in [1.82, 2.24) is 4.68 Å². The van der Waals surface area contributed by atoms with Gasteiger partial charge < -0.3 is 10.6 Å². The highest BCUT2D eigenvalue weighted by Crippen LogP contribution is 2.24. The maximum absolute atomic E-state index is 13.2. The van der Waals surface area contributed by atoms with Crippen LogP contribution in [0.15, 0.2) is 77.3 Å². The number of aryl methyl sites for hydroxylation is 1. The maximum Gasteiger partial charge on any atom is 0.328 e. The number of rotatable bonds is 5. The fourth-order valence-electron chi connectivity index (χ4n) is 3.37. The number of aromatic nitrogens is 1. The molecule has 0 saturated heterocycles. The van der Waals surface area contributed by atoms with Gasteiger partial charge in [-0.15, -0.1) is 0 Å². The molecule has 9 heteroatoms. The van der Waals surface area contributed by atoms with E-state index in [1.165, 1.54) is 28.9 Å². The molecule has 0 spiro atoms. The Bertz CT molecular complexity index is 1380. The van der Waals surface area contributed by atoms with Gasteiger partial charge in [0.1, 0.15) is 11.5 Å². The Morgan fingerprint density at radius 3 is 2.18 bits per heavy atom. The van der Waals surface area contributed by atoms with Crippen LogP contribution in [0.25, 0.3) is 10.9 Å². The summed E-state index contributed by atoms with van der Waals surface area (Å²) >= 11 is 3.39. The second-order valence-electron chi connectivity index (χ2n) is 7.47. The normalized spacial score (nSPS) is 10.7. The first-order valence-corrected chi connectivity index (χ1v) is 11.2. The minimum Gasteiger partial charge on any atom is -0.321 e. The Kier molecular flexibility index (Phi) is 6.74. The van der Waals surface area contributed by atoms with Crippen LogP contribution in [-0.2, 0) is 16.0 Å². The molecule has 3 aromatic carbocycles. The molecule has 0 fully saturated rings. The molecular weight excluding hydrogens is 503 g/mol. The van der Waals surface area contributed by atoms with E-state index in [1.807, 2.05) is 19.1 Å². The van der Waals surface area contributed by atoms with Crippen LogP contribution in [0, 0.1) is 5.82 Å². The first-order valence-electron chi connectivity index (χ1n) is 10.4. The fraction of sp³-hybridized carbons (Fsp3) is 0.0800. The largest absolute Gasteiger partial charge is 0.328 e. The van der Waals surface area contributed by atoms with E-state index in [1.54, 1.807) is 36.4 Å². The maximum atomic E-state index is 13.2. The molecular formula is C25H20BrFN4O3. The molecule has 1 heterocycles. The lowest BCUT2D eigenvalue weighted by atomic mass is 10.1. The topological polar surface area (TPSA) is 92.2 Å². The number of hydrogen-bond acceptors (Lipinski definition) is 3. The number of fused-ring (bicyclic) bond motifs is 1. The quantitative estimate of drug-likeness (QED) is 0.319. The van der Waals surface area contributed by atoms with E-state index >= 15 is 0 Å². The van der Waals surface area contributed by atoms with E-state index in [9.17, 15) is 18.8 Å². The van der Waals surface area contributed by atoms with Crippen molar-refractivity contribution in [3.05, 3.63) is 94.3 Å². The molecule has 172 valence electrons. The summed E-state index contributed by atoms with van der Waals surface area (Å²) in [6, 6.07) is 19.3. The minimum atomic E-state index is -0.948. The third kappa shape index (κ3) is 5.15. The van der Waals surface area contributed by atoms with Crippen molar-refractivity contribution in [3.8, 4) is 0 Å². The van der Waals surface area contributed by atoms with Crippen molar-refractivity contribution < 1.29 is 18.8 Å². The van der Waals surface area contributed by atoms with Gasteiger partial charge in [0.25, 0.3) is 5.91 Å². The molecule has 7 nitrogen and oxygen atoms in total. The van der Waals surface area contributed by atoms with Crippen LogP contribution in [0.3, 0.4) is 0 Å². The molecule has 34 heavy (non-hydrogen) atoms. The summed E-state index contributed by atoms with van der Waals surface area (Å²) in [5, 5.41) is 5.87. The number of carbonyl (C=O) groups excluding carboxylic acids is 3. The molecule has 0 unspecified atom stereocenters. The Hall–Kier alpha value is -3.98. The van der Waals surface area contributed by atoms with Crippen LogP contribution in [0.5, 0.6) is 0 Å². The molecule has 3 N–H and O–H groups in total. The predicted molar refractivity (Wildman–Crippen MR) is 133 cm³/mol. The van der Waals surface area contributed by atoms with Crippen LogP contribution >= 0.6 is 15.9 Å².